The Kier molecular flexibility index (Phi) is 3.13. The van der Waals surface area contributed by atoms with Gasteiger partial charge in [0.15, 0.2) is 0 Å². The van der Waals surface area contributed by atoms with Gasteiger partial charge in [-0.3, -0.25) is 0 Å². The molecule has 11 heavy (non-hydrogen) atoms. The molecule has 2 aliphatic heterocycles. The van der Waals surface area contributed by atoms with Crippen molar-refractivity contribution in [1.82, 2.24) is 0 Å². The molecule has 0 aliphatic carbocycles. The second-order valence-corrected chi connectivity index (χ2v) is 2.73. The van der Waals surface area contributed by atoms with E-state index in [9.17, 15) is 0 Å². The minimum absolute atomic E-state index is 0.881. The third-order valence-electron chi connectivity index (χ3n) is 1.33. The van der Waals surface area contributed by atoms with Crippen LogP contribution >= 0.6 is 0 Å². The molecule has 0 saturated carbocycles. The lowest BCUT2D eigenvalue weighted by atomic mass is 10.2. The molecule has 0 amide bonds. The predicted molar refractivity (Wildman–Crippen MR) is 48.1 cm³/mol. The first-order valence-corrected chi connectivity index (χ1v) is 4.45. The second-order valence-electron chi connectivity index (χ2n) is 2.15. The molecule has 3 heteroatoms. The number of benzene rings is 1. The molecule has 0 radical (unpaired) electrons. The largest absolute Gasteiger partial charge is 0.457 e. The van der Waals surface area contributed by atoms with Crippen LogP contribution in [0.25, 0.3) is 0 Å². The highest BCUT2D eigenvalue weighted by Gasteiger charge is 2.05. The van der Waals surface area contributed by atoms with Crippen molar-refractivity contribution in [2.75, 3.05) is 6.61 Å². The van der Waals surface area contributed by atoms with E-state index in [1.807, 2.05) is 31.2 Å². The van der Waals surface area contributed by atoms with Gasteiger partial charge in [0.2, 0.25) is 0 Å². The van der Waals surface area contributed by atoms with Crippen molar-refractivity contribution in [3.05, 3.63) is 24.3 Å². The topological polar surface area (TPSA) is 18.5 Å². The van der Waals surface area contributed by atoms with Crippen molar-refractivity contribution in [3.8, 4) is 11.5 Å². The van der Waals surface area contributed by atoms with Gasteiger partial charge in [0, 0.05) is 12.7 Å². The highest BCUT2D eigenvalue weighted by atomic mass is 28.2. The summed E-state index contributed by atoms with van der Waals surface area (Å²) in [5.74, 6) is 1.97. The summed E-state index contributed by atoms with van der Waals surface area (Å²) in [6.07, 6.45) is 0. The maximum Gasteiger partial charge on any atom is 0.145 e. The van der Waals surface area contributed by atoms with Gasteiger partial charge in [-0.25, -0.2) is 0 Å². The van der Waals surface area contributed by atoms with E-state index in [1.54, 1.807) is 0 Å². The zero-order chi connectivity index (χ0) is 8.10. The second kappa shape index (κ2) is 4.15. The molecule has 1 aromatic carbocycles. The predicted octanol–water partition coefficient (Wildman–Crippen LogP) is 1.10. The van der Waals surface area contributed by atoms with Crippen LogP contribution in [0.4, 0.5) is 0 Å². The lowest BCUT2D eigenvalue weighted by Gasteiger charge is -2.13. The standard InChI is InChI=1S/C6H4O.C2H8OSi/c1-2-5-4-6(3-1)7-5;1-2-3-4/h1-4H;2H2,1,4H3. The molecule has 1 aromatic rings. The fraction of sp³-hybridized carbons (Fsp3) is 0.250. The average molecular weight is 168 g/mol. The van der Waals surface area contributed by atoms with Crippen molar-refractivity contribution >= 4 is 10.5 Å². The molecule has 60 valence electrons. The fourth-order valence-corrected chi connectivity index (χ4v) is 0.679. The lowest BCUT2D eigenvalue weighted by molar-refractivity contribution is 0.375. The first-order chi connectivity index (χ1) is 5.36. The van der Waals surface area contributed by atoms with Crippen molar-refractivity contribution in [3.63, 3.8) is 0 Å². The van der Waals surface area contributed by atoms with E-state index in [0.717, 1.165) is 28.6 Å². The Hall–Kier alpha value is -0.803. The Balaban J connectivity index is 0.000000134. The molecule has 2 heterocycles. The first kappa shape index (κ1) is 8.29. The summed E-state index contributed by atoms with van der Waals surface area (Å²) < 4.78 is 9.69. The fourth-order valence-electron chi connectivity index (χ4n) is 0.679. The van der Waals surface area contributed by atoms with Crippen LogP contribution in [0, 0.1) is 0 Å². The zero-order valence-electron chi connectivity index (χ0n) is 6.83. The maximum absolute atomic E-state index is 5.01. The summed E-state index contributed by atoms with van der Waals surface area (Å²) in [4.78, 5) is 0. The summed E-state index contributed by atoms with van der Waals surface area (Å²) in [6, 6.07) is 7.86. The van der Waals surface area contributed by atoms with Gasteiger partial charge in [0.1, 0.15) is 22.0 Å². The molecule has 2 aliphatic rings. The van der Waals surface area contributed by atoms with Crippen LogP contribution in [0.5, 0.6) is 11.5 Å². The average Bonchev–Trinajstić information content (AvgIpc) is 2.05. The SMILES string of the molecule is CCO[SiH3].c1cc2cc(c1)O2. The van der Waals surface area contributed by atoms with Crippen LogP contribution in [0.15, 0.2) is 24.3 Å². The first-order valence-electron chi connectivity index (χ1n) is 3.63. The third-order valence-corrected chi connectivity index (χ3v) is 1.91. The Morgan fingerprint density at radius 1 is 1.45 bits per heavy atom. The van der Waals surface area contributed by atoms with E-state index >= 15 is 0 Å². The van der Waals surface area contributed by atoms with E-state index in [2.05, 4.69) is 4.43 Å². The van der Waals surface area contributed by atoms with Gasteiger partial charge in [-0.05, 0) is 19.1 Å². The van der Waals surface area contributed by atoms with E-state index < -0.39 is 0 Å². The highest BCUT2D eigenvalue weighted by Crippen LogP contribution is 2.32. The number of rotatable bonds is 1. The molecule has 0 N–H and O–H groups in total. The van der Waals surface area contributed by atoms with Gasteiger partial charge >= 0.3 is 0 Å². The van der Waals surface area contributed by atoms with Gasteiger partial charge in [0.25, 0.3) is 0 Å². The molecule has 0 fully saturated rings. The maximum atomic E-state index is 5.01. The van der Waals surface area contributed by atoms with Gasteiger partial charge in [0.05, 0.1) is 0 Å². The quantitative estimate of drug-likeness (QED) is 0.594. The lowest BCUT2D eigenvalue weighted by Crippen LogP contribution is -1.91. The van der Waals surface area contributed by atoms with E-state index in [4.69, 9.17) is 4.74 Å². The molecule has 3 rings (SSSR count). The highest BCUT2D eigenvalue weighted by molar-refractivity contribution is 5.97. The zero-order valence-corrected chi connectivity index (χ0v) is 8.83. The molecule has 0 atom stereocenters. The van der Waals surface area contributed by atoms with Gasteiger partial charge < -0.3 is 9.16 Å². The number of fused-ring (bicyclic) bond motifs is 2. The minimum atomic E-state index is 0.881. The van der Waals surface area contributed by atoms with E-state index in [0.29, 0.717) is 0 Å². The van der Waals surface area contributed by atoms with Crippen LogP contribution in [-0.2, 0) is 4.43 Å². The van der Waals surface area contributed by atoms with Crippen LogP contribution in [0.2, 0.25) is 0 Å². The van der Waals surface area contributed by atoms with Crippen molar-refractivity contribution in [2.45, 2.75) is 6.92 Å². The van der Waals surface area contributed by atoms with Gasteiger partial charge in [-0.1, -0.05) is 6.07 Å². The molecule has 2 nitrogen and oxygen atoms in total. The molecule has 0 aromatic heterocycles. The monoisotopic (exact) mass is 168 g/mol. The Morgan fingerprint density at radius 3 is 2.00 bits per heavy atom. The molecule has 0 spiro atoms. The molecular weight excluding hydrogens is 156 g/mol. The minimum Gasteiger partial charge on any atom is -0.457 e. The molecule has 2 bridgehead atoms. The van der Waals surface area contributed by atoms with Crippen molar-refractivity contribution in [1.29, 1.82) is 0 Å². The molecule has 0 saturated heterocycles. The Morgan fingerprint density at radius 2 is 1.91 bits per heavy atom. The van der Waals surface area contributed by atoms with Crippen LogP contribution in [0.1, 0.15) is 6.92 Å². The Labute approximate surface area is 69.7 Å². The number of hydrogen-bond acceptors (Lipinski definition) is 2. The summed E-state index contributed by atoms with van der Waals surface area (Å²) in [6.45, 7) is 2.87. The van der Waals surface area contributed by atoms with Crippen LogP contribution in [-0.4, -0.2) is 17.1 Å². The normalized spacial score (nSPS) is 10.6. The third kappa shape index (κ3) is 2.36. The van der Waals surface area contributed by atoms with E-state index in [-0.39, 0.29) is 0 Å². The number of ether oxygens (including phenoxy) is 1. The molecule has 0 unspecified atom stereocenters. The van der Waals surface area contributed by atoms with Gasteiger partial charge in [-0.15, -0.1) is 0 Å². The molecular formula is C8H12O2Si. The van der Waals surface area contributed by atoms with Crippen LogP contribution < -0.4 is 4.74 Å². The van der Waals surface area contributed by atoms with Gasteiger partial charge in [-0.2, -0.15) is 0 Å². The van der Waals surface area contributed by atoms with E-state index in [1.165, 1.54) is 0 Å². The smallest absolute Gasteiger partial charge is 0.145 e. The summed E-state index contributed by atoms with van der Waals surface area (Å²) in [7, 11) is 0.890. The summed E-state index contributed by atoms with van der Waals surface area (Å²) in [5.41, 5.74) is 0. The van der Waals surface area contributed by atoms with Crippen LogP contribution in [0.3, 0.4) is 0 Å². The Bertz CT molecular complexity index is 198. The summed E-state index contributed by atoms with van der Waals surface area (Å²) >= 11 is 0. The van der Waals surface area contributed by atoms with Crippen molar-refractivity contribution < 1.29 is 9.16 Å². The van der Waals surface area contributed by atoms with Crippen molar-refractivity contribution in [2.24, 2.45) is 0 Å². The summed E-state index contributed by atoms with van der Waals surface area (Å²) in [5, 5.41) is 0. The number of hydrogen-bond donors (Lipinski definition) is 0.